The monoisotopic (exact) mass is 212 g/mol. The Kier molecular flexibility index (Phi) is 2.98. The molecule has 4 heteroatoms. The van der Waals surface area contributed by atoms with Crippen LogP contribution in [0.15, 0.2) is 0 Å². The average molecular weight is 212 g/mol. The normalized spacial score (nSPS) is 30.7. The summed E-state index contributed by atoms with van der Waals surface area (Å²) in [4.78, 5) is 14.0. The standard InChI is InChI=1S/C11H20N2O2/c1-13-7-4-11(5-8-13)3-6-12-9(11)10(14)15-2/h9,12H,3-8H2,1-2H3. The van der Waals surface area contributed by atoms with Crippen molar-refractivity contribution in [1.82, 2.24) is 10.2 Å². The summed E-state index contributed by atoms with van der Waals surface area (Å²) in [5.41, 5.74) is 0.166. The Morgan fingerprint density at radius 3 is 2.67 bits per heavy atom. The third-order valence-corrected chi connectivity index (χ3v) is 4.00. The van der Waals surface area contributed by atoms with Crippen LogP contribution in [0.3, 0.4) is 0 Å². The van der Waals surface area contributed by atoms with E-state index >= 15 is 0 Å². The molecule has 0 aromatic rings. The number of hydrogen-bond acceptors (Lipinski definition) is 4. The zero-order chi connectivity index (χ0) is 10.9. The summed E-state index contributed by atoms with van der Waals surface area (Å²) in [5.74, 6) is -0.0861. The molecule has 1 unspecified atom stereocenters. The molecule has 1 N–H and O–H groups in total. The van der Waals surface area contributed by atoms with E-state index in [-0.39, 0.29) is 17.4 Å². The van der Waals surface area contributed by atoms with E-state index in [1.807, 2.05) is 0 Å². The fraction of sp³-hybridized carbons (Fsp3) is 0.909. The van der Waals surface area contributed by atoms with E-state index < -0.39 is 0 Å². The quantitative estimate of drug-likeness (QED) is 0.632. The molecule has 0 radical (unpaired) electrons. The van der Waals surface area contributed by atoms with Crippen molar-refractivity contribution in [2.24, 2.45) is 5.41 Å². The van der Waals surface area contributed by atoms with E-state index in [2.05, 4.69) is 17.3 Å². The van der Waals surface area contributed by atoms with Gasteiger partial charge in [-0.05, 0) is 45.9 Å². The van der Waals surface area contributed by atoms with Crippen molar-refractivity contribution in [2.75, 3.05) is 33.8 Å². The van der Waals surface area contributed by atoms with E-state index in [1.54, 1.807) is 0 Å². The van der Waals surface area contributed by atoms with E-state index in [0.29, 0.717) is 0 Å². The van der Waals surface area contributed by atoms with Crippen LogP contribution in [0.4, 0.5) is 0 Å². The predicted molar refractivity (Wildman–Crippen MR) is 57.6 cm³/mol. The van der Waals surface area contributed by atoms with Gasteiger partial charge in [-0.15, -0.1) is 0 Å². The maximum atomic E-state index is 11.7. The lowest BCUT2D eigenvalue weighted by Gasteiger charge is -2.40. The zero-order valence-corrected chi connectivity index (χ0v) is 9.58. The second kappa shape index (κ2) is 4.10. The molecule has 0 aliphatic carbocycles. The Hall–Kier alpha value is -0.610. The van der Waals surface area contributed by atoms with Gasteiger partial charge in [0.2, 0.25) is 0 Å². The van der Waals surface area contributed by atoms with Gasteiger partial charge in [0.25, 0.3) is 0 Å². The van der Waals surface area contributed by atoms with E-state index in [0.717, 1.165) is 38.9 Å². The van der Waals surface area contributed by atoms with Crippen LogP contribution in [0.5, 0.6) is 0 Å². The molecular weight excluding hydrogens is 192 g/mol. The number of esters is 1. The van der Waals surface area contributed by atoms with Crippen LogP contribution in [0.2, 0.25) is 0 Å². The minimum atomic E-state index is -0.0861. The van der Waals surface area contributed by atoms with E-state index in [1.165, 1.54) is 7.11 Å². The fourth-order valence-corrected chi connectivity index (χ4v) is 2.88. The zero-order valence-electron chi connectivity index (χ0n) is 9.58. The fourth-order valence-electron chi connectivity index (χ4n) is 2.88. The number of ether oxygens (including phenoxy) is 1. The van der Waals surface area contributed by atoms with E-state index in [4.69, 9.17) is 4.74 Å². The lowest BCUT2D eigenvalue weighted by Crippen LogP contribution is -2.49. The van der Waals surface area contributed by atoms with Crippen LogP contribution in [-0.2, 0) is 9.53 Å². The molecule has 0 aromatic carbocycles. The summed E-state index contributed by atoms with van der Waals surface area (Å²) in [6.45, 7) is 3.13. The molecule has 0 bridgehead atoms. The molecule has 4 nitrogen and oxygen atoms in total. The van der Waals surface area contributed by atoms with Crippen molar-refractivity contribution in [2.45, 2.75) is 25.3 Å². The maximum absolute atomic E-state index is 11.7. The summed E-state index contributed by atoms with van der Waals surface area (Å²) >= 11 is 0. The summed E-state index contributed by atoms with van der Waals surface area (Å²) < 4.78 is 4.87. The van der Waals surface area contributed by atoms with Gasteiger partial charge in [-0.1, -0.05) is 0 Å². The van der Waals surface area contributed by atoms with Gasteiger partial charge in [0, 0.05) is 5.41 Å². The average Bonchev–Trinajstić information content (AvgIpc) is 2.66. The number of nitrogens with zero attached hydrogens (tertiary/aromatic N) is 1. The van der Waals surface area contributed by atoms with Crippen molar-refractivity contribution in [3.05, 3.63) is 0 Å². The first-order valence-electron chi connectivity index (χ1n) is 5.68. The number of piperidine rings is 1. The van der Waals surface area contributed by atoms with Crippen molar-refractivity contribution in [3.63, 3.8) is 0 Å². The molecule has 0 saturated carbocycles. The van der Waals surface area contributed by atoms with Gasteiger partial charge in [-0.3, -0.25) is 4.79 Å². The van der Waals surface area contributed by atoms with Crippen LogP contribution in [-0.4, -0.2) is 50.7 Å². The Morgan fingerprint density at radius 1 is 1.40 bits per heavy atom. The van der Waals surface area contributed by atoms with Gasteiger partial charge in [0.05, 0.1) is 7.11 Å². The Balaban J connectivity index is 2.09. The number of rotatable bonds is 1. The van der Waals surface area contributed by atoms with Crippen LogP contribution in [0.1, 0.15) is 19.3 Å². The highest BCUT2D eigenvalue weighted by Gasteiger charge is 2.48. The minimum absolute atomic E-state index is 0.0730. The summed E-state index contributed by atoms with van der Waals surface area (Å²) in [5, 5.41) is 3.29. The number of hydrogen-bond donors (Lipinski definition) is 1. The molecule has 0 aromatic heterocycles. The second-order valence-corrected chi connectivity index (χ2v) is 4.83. The van der Waals surface area contributed by atoms with Gasteiger partial charge < -0.3 is 15.0 Å². The molecule has 2 aliphatic rings. The minimum Gasteiger partial charge on any atom is -0.468 e. The highest BCUT2D eigenvalue weighted by Crippen LogP contribution is 2.41. The number of nitrogens with one attached hydrogen (secondary N) is 1. The van der Waals surface area contributed by atoms with Crippen LogP contribution in [0.25, 0.3) is 0 Å². The summed E-state index contributed by atoms with van der Waals surface area (Å²) in [6, 6.07) is -0.0730. The summed E-state index contributed by atoms with van der Waals surface area (Å²) in [7, 11) is 3.62. The van der Waals surface area contributed by atoms with Crippen LogP contribution in [0, 0.1) is 5.41 Å². The van der Waals surface area contributed by atoms with Crippen molar-refractivity contribution < 1.29 is 9.53 Å². The van der Waals surface area contributed by atoms with Gasteiger partial charge in [-0.25, -0.2) is 0 Å². The number of likely N-dealkylation sites (tertiary alicyclic amines) is 1. The Labute approximate surface area is 91.0 Å². The Bertz CT molecular complexity index is 247. The number of carbonyl (C=O) groups excluding carboxylic acids is 1. The van der Waals surface area contributed by atoms with Gasteiger partial charge in [-0.2, -0.15) is 0 Å². The third kappa shape index (κ3) is 1.88. The number of carbonyl (C=O) groups is 1. The van der Waals surface area contributed by atoms with Gasteiger partial charge >= 0.3 is 5.97 Å². The smallest absolute Gasteiger partial charge is 0.323 e. The maximum Gasteiger partial charge on any atom is 0.323 e. The third-order valence-electron chi connectivity index (χ3n) is 4.00. The first kappa shape index (κ1) is 10.9. The molecule has 0 amide bonds. The number of methoxy groups -OCH3 is 1. The Morgan fingerprint density at radius 2 is 2.07 bits per heavy atom. The van der Waals surface area contributed by atoms with Crippen molar-refractivity contribution in [1.29, 1.82) is 0 Å². The predicted octanol–water partition coefficient (Wildman–Crippen LogP) is 0.233. The van der Waals surface area contributed by atoms with Crippen molar-refractivity contribution in [3.8, 4) is 0 Å². The lowest BCUT2D eigenvalue weighted by molar-refractivity contribution is -0.146. The molecule has 15 heavy (non-hydrogen) atoms. The molecule has 1 atom stereocenters. The van der Waals surface area contributed by atoms with Crippen LogP contribution >= 0.6 is 0 Å². The van der Waals surface area contributed by atoms with E-state index in [9.17, 15) is 4.79 Å². The highest BCUT2D eigenvalue weighted by molar-refractivity contribution is 5.77. The molecule has 2 aliphatic heterocycles. The molecular formula is C11H20N2O2. The lowest BCUT2D eigenvalue weighted by atomic mass is 9.72. The van der Waals surface area contributed by atoms with Gasteiger partial charge in [0.1, 0.15) is 6.04 Å². The first-order chi connectivity index (χ1) is 7.18. The first-order valence-corrected chi connectivity index (χ1v) is 5.68. The van der Waals surface area contributed by atoms with Crippen molar-refractivity contribution >= 4 is 5.97 Å². The van der Waals surface area contributed by atoms with Gasteiger partial charge in [0.15, 0.2) is 0 Å². The summed E-state index contributed by atoms with van der Waals surface area (Å²) in [6.07, 6.45) is 3.33. The highest BCUT2D eigenvalue weighted by atomic mass is 16.5. The van der Waals surface area contributed by atoms with Crippen LogP contribution < -0.4 is 5.32 Å². The molecule has 2 heterocycles. The molecule has 2 fully saturated rings. The second-order valence-electron chi connectivity index (χ2n) is 4.83. The molecule has 86 valence electrons. The topological polar surface area (TPSA) is 41.6 Å². The molecule has 2 saturated heterocycles. The largest absolute Gasteiger partial charge is 0.468 e. The molecule has 1 spiro atoms. The molecule has 2 rings (SSSR count). The SMILES string of the molecule is COC(=O)C1NCCC12CCN(C)CC2.